The van der Waals surface area contributed by atoms with Gasteiger partial charge in [-0.05, 0) is 74.6 Å². The first-order valence-electron chi connectivity index (χ1n) is 16.4. The van der Waals surface area contributed by atoms with E-state index < -0.39 is 69.1 Å². The number of ether oxygens (including phenoxy) is 3. The molecule has 8 atom stereocenters. The van der Waals surface area contributed by atoms with E-state index in [0.717, 1.165) is 6.42 Å². The SMILES string of the molecule is CCCCC(=O)O[C@]12C(=O)COC3=CC(=O)C=C4CC[C@H]5[C@H](C[C@]1(C)OCc1ccc(CO[N+](=O)[O-])cc1)[C@@]2(C)C[C@@H](O)C5(F)[C@]43C. The Balaban J connectivity index is 1.46. The van der Waals surface area contributed by atoms with Crippen LogP contribution in [0.3, 0.4) is 0 Å². The van der Waals surface area contributed by atoms with Crippen LogP contribution in [-0.2, 0) is 46.6 Å². The molecule has 6 rings (SSSR count). The summed E-state index contributed by atoms with van der Waals surface area (Å²) >= 11 is 0. The fourth-order valence-electron chi connectivity index (χ4n) is 9.73. The molecule has 5 aliphatic rings. The molecule has 0 aromatic heterocycles. The average Bonchev–Trinajstić information content (AvgIpc) is 3.21. The van der Waals surface area contributed by atoms with E-state index in [1.54, 1.807) is 45.0 Å². The molecule has 1 heterocycles. The monoisotopic (exact) mass is 655 g/mol. The Morgan fingerprint density at radius 2 is 1.77 bits per heavy atom. The minimum atomic E-state index is -2.24. The Morgan fingerprint density at radius 3 is 2.43 bits per heavy atom. The van der Waals surface area contributed by atoms with Crippen LogP contribution < -0.4 is 0 Å². The zero-order valence-electron chi connectivity index (χ0n) is 27.2. The number of unbranched alkanes of at least 4 members (excludes halogenated alkanes) is 1. The Morgan fingerprint density at radius 1 is 1.09 bits per heavy atom. The van der Waals surface area contributed by atoms with Crippen molar-refractivity contribution in [3.8, 4) is 0 Å². The smallest absolute Gasteiger partial charge is 0.306 e. The van der Waals surface area contributed by atoms with Gasteiger partial charge in [0, 0.05) is 23.8 Å². The van der Waals surface area contributed by atoms with Crippen LogP contribution in [0.4, 0.5) is 4.39 Å². The third-order valence-corrected chi connectivity index (χ3v) is 12.0. The van der Waals surface area contributed by atoms with Crippen molar-refractivity contribution in [2.45, 2.75) is 109 Å². The van der Waals surface area contributed by atoms with Gasteiger partial charge in [-0.25, -0.2) is 4.39 Å². The van der Waals surface area contributed by atoms with Crippen molar-refractivity contribution in [2.75, 3.05) is 6.61 Å². The molecule has 6 bridgehead atoms. The third-order valence-electron chi connectivity index (χ3n) is 12.0. The van der Waals surface area contributed by atoms with E-state index in [9.17, 15) is 29.6 Å². The number of nitrogens with zero attached hydrogens (tertiary/aromatic N) is 1. The molecule has 3 saturated carbocycles. The summed E-state index contributed by atoms with van der Waals surface area (Å²) < 4.78 is 37.3. The number of hydrogen-bond donors (Lipinski definition) is 1. The summed E-state index contributed by atoms with van der Waals surface area (Å²) in [7, 11) is 0. The maximum atomic E-state index is 18.2. The number of aliphatic hydroxyl groups excluding tert-OH is 1. The number of carbonyl (C=O) groups is 3. The van der Waals surface area contributed by atoms with Crippen molar-refractivity contribution in [1.29, 1.82) is 0 Å². The number of hydrogen-bond acceptors (Lipinski definition) is 10. The van der Waals surface area contributed by atoms with Crippen molar-refractivity contribution < 1.29 is 48.0 Å². The highest BCUT2D eigenvalue weighted by Gasteiger charge is 2.82. The number of aliphatic hydroxyl groups is 1. The lowest BCUT2D eigenvalue weighted by Gasteiger charge is -2.64. The van der Waals surface area contributed by atoms with E-state index in [2.05, 4.69) is 4.84 Å². The Hall–Kier alpha value is -3.64. The maximum Gasteiger partial charge on any atom is 0.306 e. The van der Waals surface area contributed by atoms with E-state index in [1.807, 2.05) is 6.92 Å². The number of halogens is 1. The third kappa shape index (κ3) is 4.68. The minimum Gasteiger partial charge on any atom is -0.489 e. The molecule has 0 radical (unpaired) electrons. The van der Waals surface area contributed by atoms with Gasteiger partial charge in [0.2, 0.25) is 11.4 Å². The lowest BCUT2D eigenvalue weighted by molar-refractivity contribution is -0.763. The average molecular weight is 656 g/mol. The fourth-order valence-corrected chi connectivity index (χ4v) is 9.73. The molecule has 0 amide bonds. The molecule has 1 aromatic rings. The maximum absolute atomic E-state index is 18.2. The lowest BCUT2D eigenvalue weighted by atomic mass is 9.44. The van der Waals surface area contributed by atoms with Gasteiger partial charge in [-0.15, -0.1) is 10.1 Å². The summed E-state index contributed by atoms with van der Waals surface area (Å²) in [4.78, 5) is 56.2. The van der Waals surface area contributed by atoms with Gasteiger partial charge in [0.15, 0.2) is 18.1 Å². The van der Waals surface area contributed by atoms with Crippen LogP contribution in [0.2, 0.25) is 0 Å². The standard InChI is InChI=1S/C35H42FNO10/c1-5-6-7-30(41)47-35-28(40)20-44-29-15-24(38)14-23-12-13-25-26(31(35,2)17-27(39)34(25,36)33(23,29)4)16-32(35,3)45-18-21-8-10-22(11-9-21)19-46-37(42)43/h8-11,14-15,25-27,39H,5-7,12-13,16-20H2,1-4H3/t25-,26-,27+,31+,32-,33+,34?,35-/m0/s1. The van der Waals surface area contributed by atoms with E-state index >= 15 is 4.39 Å². The normalized spacial score (nSPS) is 38.6. The van der Waals surface area contributed by atoms with Crippen LogP contribution in [0.1, 0.15) is 83.8 Å². The number of ketones is 2. The fraction of sp³-hybridized carbons (Fsp3) is 0.629. The zero-order valence-corrected chi connectivity index (χ0v) is 27.2. The lowest BCUT2D eigenvalue weighted by Crippen LogP contribution is -2.73. The first kappa shape index (κ1) is 33.3. The molecule has 1 saturated heterocycles. The predicted molar refractivity (Wildman–Crippen MR) is 163 cm³/mol. The molecule has 47 heavy (non-hydrogen) atoms. The summed E-state index contributed by atoms with van der Waals surface area (Å²) in [6.45, 7) is 6.29. The first-order valence-corrected chi connectivity index (χ1v) is 16.4. The second-order valence-electron chi connectivity index (χ2n) is 14.4. The van der Waals surface area contributed by atoms with Crippen molar-refractivity contribution in [1.82, 2.24) is 0 Å². The molecular formula is C35H42FNO10. The molecule has 12 heteroatoms. The highest BCUT2D eigenvalue weighted by atomic mass is 19.1. The molecule has 254 valence electrons. The van der Waals surface area contributed by atoms with Crippen LogP contribution in [0, 0.1) is 32.8 Å². The Kier molecular flexibility index (Phi) is 8.14. The van der Waals surface area contributed by atoms with Crippen LogP contribution in [-0.4, -0.2) is 57.3 Å². The van der Waals surface area contributed by atoms with E-state index in [1.165, 1.54) is 12.2 Å². The second-order valence-corrected chi connectivity index (χ2v) is 14.4. The molecule has 4 aliphatic carbocycles. The van der Waals surface area contributed by atoms with Gasteiger partial charge in [-0.2, -0.15) is 0 Å². The molecule has 1 aliphatic heterocycles. The molecule has 1 N–H and O–H groups in total. The van der Waals surface area contributed by atoms with Crippen molar-refractivity contribution in [3.63, 3.8) is 0 Å². The van der Waals surface area contributed by atoms with E-state index in [-0.39, 0.29) is 44.0 Å². The summed E-state index contributed by atoms with van der Waals surface area (Å²) in [6, 6.07) is 6.77. The van der Waals surface area contributed by atoms with Crippen LogP contribution in [0.5, 0.6) is 0 Å². The molecule has 11 nitrogen and oxygen atoms in total. The zero-order chi connectivity index (χ0) is 34.0. The number of alkyl halides is 1. The highest BCUT2D eigenvalue weighted by molar-refractivity contribution is 6.02. The van der Waals surface area contributed by atoms with Crippen molar-refractivity contribution in [2.24, 2.45) is 22.7 Å². The first-order chi connectivity index (χ1) is 22.2. The number of benzene rings is 1. The summed E-state index contributed by atoms with van der Waals surface area (Å²) in [5, 5.41) is 21.7. The van der Waals surface area contributed by atoms with Crippen molar-refractivity contribution in [3.05, 3.63) is 69.0 Å². The Labute approximate surface area is 272 Å². The quantitative estimate of drug-likeness (QED) is 0.206. The summed E-state index contributed by atoms with van der Waals surface area (Å²) in [5.74, 6) is -2.86. The van der Waals surface area contributed by atoms with Gasteiger partial charge >= 0.3 is 5.97 Å². The molecule has 1 unspecified atom stereocenters. The van der Waals surface area contributed by atoms with Gasteiger partial charge in [-0.1, -0.05) is 44.5 Å². The number of Topliss-reactive ketones (excluding diaryl/α,β-unsaturated/α-hetero) is 1. The summed E-state index contributed by atoms with van der Waals surface area (Å²) in [6.07, 6.45) is 3.08. The molecule has 0 spiro atoms. The van der Waals surface area contributed by atoms with E-state index in [4.69, 9.17) is 14.2 Å². The Bertz CT molecular complexity index is 1560. The van der Waals surface area contributed by atoms with Crippen LogP contribution in [0.15, 0.2) is 47.7 Å². The molecule has 4 fully saturated rings. The topological polar surface area (TPSA) is 152 Å². The van der Waals surface area contributed by atoms with Gasteiger partial charge in [0.25, 0.3) is 5.09 Å². The molecule has 1 aromatic carbocycles. The molecular weight excluding hydrogens is 613 g/mol. The number of rotatable bonds is 10. The van der Waals surface area contributed by atoms with E-state index in [0.29, 0.717) is 36.0 Å². The van der Waals surface area contributed by atoms with Gasteiger partial charge in [-0.3, -0.25) is 14.4 Å². The van der Waals surface area contributed by atoms with Crippen molar-refractivity contribution >= 4 is 17.5 Å². The van der Waals surface area contributed by atoms with Gasteiger partial charge in [0.05, 0.1) is 18.1 Å². The summed E-state index contributed by atoms with van der Waals surface area (Å²) in [5.41, 5.74) is -6.56. The van der Waals surface area contributed by atoms with Gasteiger partial charge < -0.3 is 24.2 Å². The number of allylic oxidation sites excluding steroid dienone is 3. The predicted octanol–water partition coefficient (Wildman–Crippen LogP) is 5.05. The number of esters is 1. The number of carbonyl (C=O) groups excluding carboxylic acids is 3. The van der Waals surface area contributed by atoms with Crippen LogP contribution in [0.25, 0.3) is 0 Å². The second kappa shape index (κ2) is 11.5. The minimum absolute atomic E-state index is 0.000678. The largest absolute Gasteiger partial charge is 0.489 e. The van der Waals surface area contributed by atoms with Crippen LogP contribution >= 0.6 is 0 Å². The van der Waals surface area contributed by atoms with Gasteiger partial charge in [0.1, 0.15) is 18.0 Å². The highest BCUT2D eigenvalue weighted by Crippen LogP contribution is 2.74.